The van der Waals surface area contributed by atoms with Crippen LogP contribution in [0.15, 0.2) is 97.1 Å². The van der Waals surface area contributed by atoms with Crippen molar-refractivity contribution in [3.05, 3.63) is 136 Å². The SMILES string of the molecule is C.C.C.C.CC(=O)C(=O)Nc1ccc(C[C@H]([NH3+])C(=O)[O-])cc1.CC(=O)C(=O)c1ccc(C[C@H]([NH3+])C(=O)[O-])cc1.CC(C)C(=O)C(=O)c1ccc(C[C@H]([NH3+])C(=O)[O-])cc1.CCC(=O)C(=O)c1ccc(C[C@H]([NH3+])C(=O)[O-])cc1. The molecule has 4 aromatic carbocycles. The number of aliphatic carboxylic acids is 4. The number of hydrogen-bond acceptors (Lipinski definition) is 16. The monoisotopic (exact) mass is 1060 g/mol. The zero-order valence-electron chi connectivity index (χ0n) is 40.5. The number of ketones is 7. The van der Waals surface area contributed by atoms with Gasteiger partial charge in [0.25, 0.3) is 5.91 Å². The number of carboxylic acids is 4. The van der Waals surface area contributed by atoms with Gasteiger partial charge in [-0.15, -0.1) is 0 Å². The molecule has 0 aromatic heterocycles. The highest BCUT2D eigenvalue weighted by molar-refractivity contribution is 6.44. The van der Waals surface area contributed by atoms with E-state index in [-0.39, 0.29) is 67.7 Å². The lowest BCUT2D eigenvalue weighted by Gasteiger charge is -2.10. The summed E-state index contributed by atoms with van der Waals surface area (Å²) >= 11 is 0. The van der Waals surface area contributed by atoms with Gasteiger partial charge in [-0.2, -0.15) is 0 Å². The Bertz CT molecular complexity index is 2590. The second kappa shape index (κ2) is 36.6. The molecule has 0 fully saturated rings. The minimum Gasteiger partial charge on any atom is -0.544 e. The summed E-state index contributed by atoms with van der Waals surface area (Å²) in [5.41, 5.74) is 18.2. The second-order valence-electron chi connectivity index (χ2n) is 16.5. The summed E-state index contributed by atoms with van der Waals surface area (Å²) < 4.78 is 0. The summed E-state index contributed by atoms with van der Waals surface area (Å²) in [5.74, 6) is -9.43. The van der Waals surface area contributed by atoms with E-state index in [1.807, 2.05) is 0 Å². The first-order valence-electron chi connectivity index (χ1n) is 22.1. The molecular formula is C55H75N5O16. The van der Waals surface area contributed by atoms with Gasteiger partial charge in [-0.1, -0.05) is 135 Å². The lowest BCUT2D eigenvalue weighted by atomic mass is 9.97. The third-order valence-corrected chi connectivity index (χ3v) is 10.1. The lowest BCUT2D eigenvalue weighted by Crippen LogP contribution is -2.69. The molecule has 0 spiro atoms. The number of Topliss-reactive ketones (excluding diaryl/α,β-unsaturated/α-hetero) is 7. The van der Waals surface area contributed by atoms with Gasteiger partial charge in [-0.25, -0.2) is 0 Å². The van der Waals surface area contributed by atoms with E-state index in [1.54, 1.807) is 81.4 Å². The van der Waals surface area contributed by atoms with Crippen LogP contribution in [0.2, 0.25) is 0 Å². The van der Waals surface area contributed by atoms with Crippen molar-refractivity contribution in [2.24, 2.45) is 5.92 Å². The van der Waals surface area contributed by atoms with Crippen molar-refractivity contribution in [3.63, 3.8) is 0 Å². The van der Waals surface area contributed by atoms with Gasteiger partial charge in [0.05, 0.1) is 23.9 Å². The number of amides is 1. The molecule has 0 unspecified atom stereocenters. The highest BCUT2D eigenvalue weighted by Gasteiger charge is 2.20. The number of hydrogen-bond donors (Lipinski definition) is 5. The van der Waals surface area contributed by atoms with Gasteiger partial charge in [0.1, 0.15) is 24.2 Å². The van der Waals surface area contributed by atoms with Gasteiger partial charge in [0.2, 0.25) is 34.7 Å². The minimum absolute atomic E-state index is 0. The Kier molecular flexibility index (Phi) is 35.8. The fourth-order valence-electron chi connectivity index (χ4n) is 5.72. The number of rotatable bonds is 22. The number of carbonyl (C=O) groups is 12. The molecule has 0 saturated carbocycles. The van der Waals surface area contributed by atoms with Crippen LogP contribution in [0.3, 0.4) is 0 Å². The molecule has 13 N–H and O–H groups in total. The van der Waals surface area contributed by atoms with Crippen LogP contribution in [0.25, 0.3) is 0 Å². The molecule has 4 rings (SSSR count). The highest BCUT2D eigenvalue weighted by atomic mass is 16.4. The topological polar surface area (TPSA) is 420 Å². The maximum atomic E-state index is 11.8. The summed E-state index contributed by atoms with van der Waals surface area (Å²) in [6.07, 6.45) is 1.12. The smallest absolute Gasteiger partial charge is 0.291 e. The van der Waals surface area contributed by atoms with Crippen LogP contribution in [0.4, 0.5) is 5.69 Å². The van der Waals surface area contributed by atoms with Crippen LogP contribution >= 0.6 is 0 Å². The molecule has 0 aliphatic heterocycles. The van der Waals surface area contributed by atoms with Gasteiger partial charge >= 0.3 is 0 Å². The zero-order chi connectivity index (χ0) is 55.0. The number of anilines is 1. The van der Waals surface area contributed by atoms with Crippen molar-refractivity contribution in [3.8, 4) is 0 Å². The second-order valence-corrected chi connectivity index (χ2v) is 16.5. The molecule has 4 atom stereocenters. The van der Waals surface area contributed by atoms with E-state index in [4.69, 9.17) is 0 Å². The van der Waals surface area contributed by atoms with E-state index in [0.717, 1.165) is 22.3 Å². The van der Waals surface area contributed by atoms with Crippen molar-refractivity contribution in [2.45, 2.75) is 121 Å². The molecule has 76 heavy (non-hydrogen) atoms. The molecule has 1 amide bonds. The van der Waals surface area contributed by atoms with Gasteiger partial charge in [0, 0.05) is 74.2 Å². The maximum Gasteiger partial charge on any atom is 0.291 e. The molecule has 21 nitrogen and oxygen atoms in total. The molecule has 4 aromatic rings. The first kappa shape index (κ1) is 74.3. The average Bonchev–Trinajstić information content (AvgIpc) is 3.34. The van der Waals surface area contributed by atoms with E-state index in [0.29, 0.717) is 22.4 Å². The first-order valence-corrected chi connectivity index (χ1v) is 22.1. The Morgan fingerprint density at radius 2 is 0.684 bits per heavy atom. The van der Waals surface area contributed by atoms with E-state index in [1.165, 1.54) is 50.2 Å². The Hall–Kier alpha value is -8.24. The first-order chi connectivity index (χ1) is 33.6. The number of nitrogens with one attached hydrogen (secondary N) is 1. The quantitative estimate of drug-likeness (QED) is 0.0382. The van der Waals surface area contributed by atoms with Gasteiger partial charge < -0.3 is 67.9 Å². The van der Waals surface area contributed by atoms with E-state index >= 15 is 0 Å². The Balaban J connectivity index is -0.000000447. The molecule has 0 radical (unpaired) electrons. The van der Waals surface area contributed by atoms with Crippen molar-refractivity contribution >= 4 is 76.0 Å². The molecule has 416 valence electrons. The Labute approximate surface area is 443 Å². The maximum absolute atomic E-state index is 11.8. The van der Waals surface area contributed by atoms with Crippen molar-refractivity contribution in [1.29, 1.82) is 0 Å². The van der Waals surface area contributed by atoms with Crippen molar-refractivity contribution < 1.29 is 101 Å². The Morgan fingerprint density at radius 3 is 0.921 bits per heavy atom. The fourth-order valence-corrected chi connectivity index (χ4v) is 5.72. The molecule has 0 aliphatic carbocycles. The third-order valence-electron chi connectivity index (χ3n) is 10.1. The van der Waals surface area contributed by atoms with E-state index in [2.05, 4.69) is 28.3 Å². The predicted molar refractivity (Wildman–Crippen MR) is 272 cm³/mol. The predicted octanol–water partition coefficient (Wildman–Crippen LogP) is -3.23. The summed E-state index contributed by atoms with van der Waals surface area (Å²) in [6, 6.07) is 22.0. The number of carboxylic acid groups (broad SMARTS) is 4. The van der Waals surface area contributed by atoms with E-state index < -0.39 is 94.4 Å². The van der Waals surface area contributed by atoms with Gasteiger partial charge in [-0.3, -0.25) is 38.4 Å². The molecule has 0 aliphatic rings. The van der Waals surface area contributed by atoms with Gasteiger partial charge in [0.15, 0.2) is 5.78 Å². The normalized spacial score (nSPS) is 11.3. The molecule has 0 heterocycles. The van der Waals surface area contributed by atoms with Crippen LogP contribution < -0.4 is 48.7 Å². The fraction of sp³-hybridized carbons (Fsp3) is 0.345. The van der Waals surface area contributed by atoms with Crippen LogP contribution in [-0.4, -0.2) is 94.4 Å². The van der Waals surface area contributed by atoms with Crippen LogP contribution in [0, 0.1) is 5.92 Å². The lowest BCUT2D eigenvalue weighted by molar-refractivity contribution is -0.437. The summed E-state index contributed by atoms with van der Waals surface area (Å²) in [4.78, 5) is 132. The number of carbonyl (C=O) groups excluding carboxylic acids is 12. The number of quaternary nitrogens is 4. The summed E-state index contributed by atoms with van der Waals surface area (Å²) in [5, 5.41) is 44.5. The summed E-state index contributed by atoms with van der Waals surface area (Å²) in [7, 11) is 0. The third kappa shape index (κ3) is 26.6. The van der Waals surface area contributed by atoms with Crippen molar-refractivity contribution in [2.75, 3.05) is 5.32 Å². The highest BCUT2D eigenvalue weighted by Crippen LogP contribution is 2.13. The van der Waals surface area contributed by atoms with Crippen LogP contribution in [0.5, 0.6) is 0 Å². The zero-order valence-corrected chi connectivity index (χ0v) is 40.5. The molecule has 0 bridgehead atoms. The summed E-state index contributed by atoms with van der Waals surface area (Å²) in [6.45, 7) is 7.35. The van der Waals surface area contributed by atoms with Crippen molar-refractivity contribution in [1.82, 2.24) is 0 Å². The molecule has 21 heteroatoms. The van der Waals surface area contributed by atoms with Crippen LogP contribution in [-0.2, 0) is 68.8 Å². The minimum atomic E-state index is -1.21. The molecular weight excluding hydrogens is 987 g/mol. The van der Waals surface area contributed by atoms with Gasteiger partial charge in [-0.05, 0) is 34.4 Å². The number of benzene rings is 4. The Morgan fingerprint density at radius 1 is 0.421 bits per heavy atom. The van der Waals surface area contributed by atoms with Crippen LogP contribution in [0.1, 0.15) is 124 Å². The standard InChI is InChI=1S/C14H17NO4.C13H15NO4.C12H14N2O4.C12H13NO4.4CH4/c1-8(2)12(16)13(17)10-5-3-9(4-6-10)7-11(15)14(18)19;1-2-11(15)12(16)9-5-3-8(4-6-9)7-10(14)13(17)18;1-7(15)11(16)14-9-4-2-8(3-5-9)6-10(13)12(17)18;1-7(14)11(15)9-4-2-8(3-5-9)6-10(13)12(16)17;;;;/h3-6,8,11H,7,15H2,1-2H3,(H,18,19);3-6,10H,2,7,14H2,1H3,(H,17,18);2-5,10H,6,13H2,1H3,(H,14,16)(H,17,18);2-5,10H,6,13H2,1H3,(H,16,17);4*1H4/t11-;3*10-;;;;/m0000..../s1. The van der Waals surface area contributed by atoms with E-state index in [9.17, 15) is 78.0 Å². The largest absolute Gasteiger partial charge is 0.544 e. The molecule has 0 saturated heterocycles. The average molecular weight is 1060 g/mol.